The maximum atomic E-state index is 12.5. The molecule has 8 nitrogen and oxygen atoms in total. The molecular formula is C20H28N2O6. The van der Waals surface area contributed by atoms with Crippen LogP contribution in [0.1, 0.15) is 38.4 Å². The third kappa shape index (κ3) is 7.98. The second-order valence-corrected chi connectivity index (χ2v) is 5.98. The first-order valence-electron chi connectivity index (χ1n) is 10.3. The highest BCUT2D eigenvalue weighted by Gasteiger charge is 2.27. The fourth-order valence-corrected chi connectivity index (χ4v) is 2.32. The van der Waals surface area contributed by atoms with Crippen LogP contribution in [-0.4, -0.2) is 63.4 Å². The van der Waals surface area contributed by atoms with E-state index in [2.05, 4.69) is 10.6 Å². The molecular weight excluding hydrogens is 364 g/mol. The number of rotatable bonds is 13. The smallest absolute Gasteiger partial charge is 0.251 e. The molecule has 0 saturated carbocycles. The van der Waals surface area contributed by atoms with E-state index in [0.717, 1.165) is 12.0 Å². The molecule has 0 fully saturated rings. The van der Waals surface area contributed by atoms with Gasteiger partial charge in [0, 0.05) is 39.1 Å². The van der Waals surface area contributed by atoms with Crippen LogP contribution in [-0.2, 0) is 30.3 Å². The van der Waals surface area contributed by atoms with Crippen molar-refractivity contribution in [2.45, 2.75) is 32.2 Å². The van der Waals surface area contributed by atoms with Gasteiger partial charge in [-0.15, -0.1) is 0 Å². The molecule has 1 aromatic rings. The molecule has 154 valence electrons. The topological polar surface area (TPSA) is 111 Å². The summed E-state index contributed by atoms with van der Waals surface area (Å²) < 4.78 is 23.3. The van der Waals surface area contributed by atoms with Crippen molar-refractivity contribution in [2.75, 3.05) is 33.9 Å². The quantitative estimate of drug-likeness (QED) is 0.376. The van der Waals surface area contributed by atoms with Crippen LogP contribution in [0.4, 0.5) is 0 Å². The predicted octanol–water partition coefficient (Wildman–Crippen LogP) is 0.675. The van der Waals surface area contributed by atoms with E-state index in [1.54, 1.807) is 24.3 Å². The zero-order valence-corrected chi connectivity index (χ0v) is 16.0. The van der Waals surface area contributed by atoms with Crippen molar-refractivity contribution in [1.29, 1.82) is 0 Å². The van der Waals surface area contributed by atoms with E-state index in [1.807, 2.05) is 6.92 Å². The van der Waals surface area contributed by atoms with Gasteiger partial charge in [-0.2, -0.15) is 0 Å². The Balaban J connectivity index is 2.79. The van der Waals surface area contributed by atoms with E-state index in [4.69, 9.17) is 12.2 Å². The number of methoxy groups -OCH3 is 2. The van der Waals surface area contributed by atoms with E-state index in [1.165, 1.54) is 0 Å². The van der Waals surface area contributed by atoms with Crippen molar-refractivity contribution in [3.05, 3.63) is 35.4 Å². The van der Waals surface area contributed by atoms with E-state index >= 15 is 0 Å². The van der Waals surface area contributed by atoms with Gasteiger partial charge in [-0.1, -0.05) is 19.1 Å². The highest BCUT2D eigenvalue weighted by Crippen LogP contribution is 2.07. The molecule has 0 saturated heterocycles. The lowest BCUT2D eigenvalue weighted by molar-refractivity contribution is -0.138. The van der Waals surface area contributed by atoms with Crippen LogP contribution in [0.15, 0.2) is 24.3 Å². The first-order valence-corrected chi connectivity index (χ1v) is 8.90. The van der Waals surface area contributed by atoms with Gasteiger partial charge in [0.2, 0.25) is 17.5 Å². The monoisotopic (exact) mass is 394 g/mol. The fourth-order valence-electron chi connectivity index (χ4n) is 2.32. The molecule has 0 unspecified atom stereocenters. The number of carbonyl (C=O) groups excluding carboxylic acids is 4. The molecule has 0 aliphatic carbocycles. The van der Waals surface area contributed by atoms with Gasteiger partial charge in [-0.25, -0.2) is 0 Å². The Morgan fingerprint density at radius 1 is 1.04 bits per heavy atom. The fraction of sp³-hybridized carbons (Fsp3) is 0.500. The lowest BCUT2D eigenvalue weighted by atomic mass is 10.0. The van der Waals surface area contributed by atoms with Crippen LogP contribution < -0.4 is 10.6 Å². The number of amides is 2. The summed E-state index contributed by atoms with van der Waals surface area (Å²) in [5.41, 5.74) is 1.37. The molecule has 1 rings (SSSR count). The Labute approximate surface area is 167 Å². The number of Topliss-reactive ketones (excluding diaryl/α,β-unsaturated/α-hetero) is 2. The largest absolute Gasteiger partial charge is 0.384 e. The van der Waals surface area contributed by atoms with E-state index in [0.29, 0.717) is 5.56 Å². The van der Waals surface area contributed by atoms with Crippen molar-refractivity contribution in [1.82, 2.24) is 10.6 Å². The van der Waals surface area contributed by atoms with Crippen LogP contribution in [0, 0.1) is 0 Å². The molecule has 0 aliphatic rings. The third-order valence-electron chi connectivity index (χ3n) is 3.97. The number of ether oxygens (including phenoxy) is 2. The molecule has 28 heavy (non-hydrogen) atoms. The zero-order chi connectivity index (χ0) is 22.4. The van der Waals surface area contributed by atoms with Crippen LogP contribution in [0.3, 0.4) is 0 Å². The summed E-state index contributed by atoms with van der Waals surface area (Å²) in [5, 5.41) is 5.02. The van der Waals surface area contributed by atoms with Crippen molar-refractivity contribution in [3.63, 3.8) is 0 Å². The summed E-state index contributed by atoms with van der Waals surface area (Å²) in [6.07, 6.45) is 0.118. The van der Waals surface area contributed by atoms with Crippen LogP contribution in [0.25, 0.3) is 0 Å². The number of hydrogen-bond acceptors (Lipinski definition) is 6. The minimum absolute atomic E-state index is 0.0640. The Bertz CT molecular complexity index is 712. The number of nitrogens with one attached hydrogen (secondary N) is 2. The third-order valence-corrected chi connectivity index (χ3v) is 3.97. The number of carbonyl (C=O) groups is 4. The Kier molecular flexibility index (Phi) is 9.18. The van der Waals surface area contributed by atoms with Crippen molar-refractivity contribution < 1.29 is 31.4 Å². The first kappa shape index (κ1) is 20.2. The molecule has 8 heteroatoms. The predicted molar refractivity (Wildman–Crippen MR) is 103 cm³/mol. The average molecular weight is 394 g/mol. The van der Waals surface area contributed by atoms with E-state index < -0.39 is 35.8 Å². The van der Waals surface area contributed by atoms with Gasteiger partial charge in [-0.05, 0) is 24.1 Å². The van der Waals surface area contributed by atoms with Crippen LogP contribution in [0.5, 0.6) is 0 Å². The molecule has 0 heterocycles. The standard InChI is InChI=1S/C20H28N2O6/c1-4-14-5-7-15(8-6-14)19(25)22-16(20(26)21-10-12-28-3)13-18(24)17(23)9-11-27-2/h5-8,16H,4,9-13H2,1-3H3,(H,21,26)(H,22,25)/t16-/m0/s1/i2D,3D. The number of benzene rings is 1. The van der Waals surface area contributed by atoms with Gasteiger partial charge in [-0.3, -0.25) is 19.2 Å². The van der Waals surface area contributed by atoms with E-state index in [-0.39, 0.29) is 40.4 Å². The Hall–Kier alpha value is -2.58. The average Bonchev–Trinajstić information content (AvgIpc) is 2.76. The van der Waals surface area contributed by atoms with Gasteiger partial charge < -0.3 is 20.1 Å². The minimum atomic E-state index is -1.24. The zero-order valence-electron chi connectivity index (χ0n) is 18.0. The first-order chi connectivity index (χ1) is 14.4. The SMILES string of the molecule is [2H]COCCNC(=O)[C@H](CC(=O)C(=O)CCOC[2H])NC(=O)c1ccc(CC)cc1. The molecule has 1 atom stereocenters. The van der Waals surface area contributed by atoms with E-state index in [9.17, 15) is 19.2 Å². The maximum absolute atomic E-state index is 12.5. The summed E-state index contributed by atoms with van der Waals surface area (Å²) in [6, 6.07) is 5.59. The lowest BCUT2D eigenvalue weighted by Crippen LogP contribution is -2.49. The molecule has 0 aliphatic heterocycles. The molecule has 2 N–H and O–H groups in total. The number of aryl methyl sites for hydroxylation is 1. The highest BCUT2D eigenvalue weighted by molar-refractivity contribution is 6.37. The number of hydrogen-bond donors (Lipinski definition) is 2. The lowest BCUT2D eigenvalue weighted by Gasteiger charge is -2.18. The normalized spacial score (nSPS) is 12.5. The Morgan fingerprint density at radius 2 is 1.71 bits per heavy atom. The summed E-state index contributed by atoms with van der Waals surface area (Å²) >= 11 is 0. The summed E-state index contributed by atoms with van der Waals surface area (Å²) in [5.74, 6) is -2.73. The molecule has 0 aromatic heterocycles. The van der Waals surface area contributed by atoms with Crippen molar-refractivity contribution in [2.24, 2.45) is 0 Å². The van der Waals surface area contributed by atoms with Gasteiger partial charge in [0.1, 0.15) is 6.04 Å². The summed E-state index contributed by atoms with van der Waals surface area (Å²) in [7, 11) is -0.572. The maximum Gasteiger partial charge on any atom is 0.251 e. The van der Waals surface area contributed by atoms with Gasteiger partial charge in [0.25, 0.3) is 5.91 Å². The van der Waals surface area contributed by atoms with Gasteiger partial charge >= 0.3 is 0 Å². The number of ketones is 2. The van der Waals surface area contributed by atoms with Crippen molar-refractivity contribution in [3.8, 4) is 0 Å². The second kappa shape index (κ2) is 12.7. The molecule has 2 amide bonds. The summed E-state index contributed by atoms with van der Waals surface area (Å²) in [4.78, 5) is 49.1. The van der Waals surface area contributed by atoms with Crippen LogP contribution >= 0.6 is 0 Å². The minimum Gasteiger partial charge on any atom is -0.384 e. The van der Waals surface area contributed by atoms with Crippen LogP contribution in [0.2, 0.25) is 0 Å². The molecule has 0 radical (unpaired) electrons. The van der Waals surface area contributed by atoms with Gasteiger partial charge in [0.15, 0.2) is 0 Å². The molecule has 0 bridgehead atoms. The summed E-state index contributed by atoms with van der Waals surface area (Å²) in [6.45, 7) is 2.11. The Morgan fingerprint density at radius 3 is 2.36 bits per heavy atom. The highest BCUT2D eigenvalue weighted by atomic mass is 16.5. The molecule has 0 spiro atoms. The van der Waals surface area contributed by atoms with Gasteiger partial charge in [0.05, 0.1) is 16.0 Å². The molecule has 1 aromatic carbocycles. The van der Waals surface area contributed by atoms with Crippen molar-refractivity contribution >= 4 is 23.4 Å². The second-order valence-electron chi connectivity index (χ2n) is 5.98.